The third kappa shape index (κ3) is 6.12. The molecular weight excluding hydrogens is 329 g/mol. The average Bonchev–Trinajstić information content (AvgIpc) is 2.93. The highest BCUT2D eigenvalue weighted by atomic mass is 35.5. The molecule has 21 heavy (non-hydrogen) atoms. The smallest absolute Gasteiger partial charge is 0.224 e. The minimum absolute atomic E-state index is 0. The maximum Gasteiger partial charge on any atom is 0.224 e. The number of likely N-dealkylation sites (N-methyl/N-ethyl adjacent to an activating group) is 1. The highest BCUT2D eigenvalue weighted by Crippen LogP contribution is 2.22. The van der Waals surface area contributed by atoms with Gasteiger partial charge in [-0.2, -0.15) is 0 Å². The van der Waals surface area contributed by atoms with E-state index in [0.29, 0.717) is 6.54 Å². The Balaban J connectivity index is 0.00000200. The van der Waals surface area contributed by atoms with E-state index in [0.717, 1.165) is 25.9 Å². The molecule has 1 fully saturated rings. The molecule has 1 amide bonds. The van der Waals surface area contributed by atoms with Crippen molar-refractivity contribution < 1.29 is 4.79 Å². The highest BCUT2D eigenvalue weighted by Gasteiger charge is 2.22. The fraction of sp³-hybridized carbons (Fsp3) is 0.643. The zero-order valence-corrected chi connectivity index (χ0v) is 15.0. The number of nitrogens with zero attached hydrogens (tertiary/aromatic N) is 1. The Morgan fingerprint density at radius 3 is 2.81 bits per heavy atom. The Bertz CT molecular complexity index is 395. The van der Waals surface area contributed by atoms with E-state index in [1.54, 1.807) is 11.3 Å². The van der Waals surface area contributed by atoms with Gasteiger partial charge in [-0.25, -0.2) is 0 Å². The highest BCUT2D eigenvalue weighted by molar-refractivity contribution is 7.10. The van der Waals surface area contributed by atoms with Crippen LogP contribution in [0.1, 0.15) is 23.8 Å². The number of halogens is 2. The summed E-state index contributed by atoms with van der Waals surface area (Å²) in [6.07, 6.45) is 2.10. The number of amides is 1. The van der Waals surface area contributed by atoms with E-state index in [9.17, 15) is 4.79 Å². The standard InChI is InChI=1S/C14H23N3OS.2ClH/c1-17(2)12(13-6-4-8-19-13)10-16-14(18)11-5-3-7-15-9-11;;/h4,6,8,11-12,15H,3,5,7,9-10H2,1-2H3,(H,16,18);2*1H/t11-,12?;;/m1../s1. The van der Waals surface area contributed by atoms with Gasteiger partial charge >= 0.3 is 0 Å². The molecule has 0 bridgehead atoms. The predicted octanol–water partition coefficient (Wildman–Crippen LogP) is 2.31. The predicted molar refractivity (Wildman–Crippen MR) is 93.8 cm³/mol. The molecule has 1 aromatic rings. The number of hydrogen-bond acceptors (Lipinski definition) is 4. The van der Waals surface area contributed by atoms with Crippen LogP contribution in [0.15, 0.2) is 17.5 Å². The van der Waals surface area contributed by atoms with Crippen molar-refractivity contribution in [1.82, 2.24) is 15.5 Å². The van der Waals surface area contributed by atoms with Crippen molar-refractivity contribution in [3.05, 3.63) is 22.4 Å². The van der Waals surface area contributed by atoms with Gasteiger partial charge in [0, 0.05) is 18.0 Å². The molecule has 2 N–H and O–H groups in total. The summed E-state index contributed by atoms with van der Waals surface area (Å²) in [5.41, 5.74) is 0. The Labute approximate surface area is 143 Å². The first-order valence-corrected chi connectivity index (χ1v) is 7.74. The Morgan fingerprint density at radius 2 is 2.29 bits per heavy atom. The molecule has 2 atom stereocenters. The Morgan fingerprint density at radius 1 is 1.52 bits per heavy atom. The second kappa shape index (κ2) is 10.4. The lowest BCUT2D eigenvalue weighted by Crippen LogP contribution is -2.43. The number of piperidine rings is 1. The van der Waals surface area contributed by atoms with Crippen molar-refractivity contribution in [3.63, 3.8) is 0 Å². The molecule has 1 unspecified atom stereocenters. The van der Waals surface area contributed by atoms with Crippen LogP contribution >= 0.6 is 36.2 Å². The van der Waals surface area contributed by atoms with Crippen molar-refractivity contribution in [2.75, 3.05) is 33.7 Å². The van der Waals surface area contributed by atoms with Gasteiger partial charge in [0.05, 0.1) is 12.0 Å². The number of nitrogens with one attached hydrogen (secondary N) is 2. The number of carbonyl (C=O) groups is 1. The zero-order valence-electron chi connectivity index (χ0n) is 12.5. The van der Waals surface area contributed by atoms with Gasteiger partial charge < -0.3 is 15.5 Å². The van der Waals surface area contributed by atoms with Crippen LogP contribution in [0.3, 0.4) is 0 Å². The lowest BCUT2D eigenvalue weighted by atomic mass is 9.99. The van der Waals surface area contributed by atoms with Gasteiger partial charge in [0.2, 0.25) is 5.91 Å². The minimum atomic E-state index is 0. The number of carbonyl (C=O) groups excluding carboxylic acids is 1. The van der Waals surface area contributed by atoms with Gasteiger partial charge in [0.25, 0.3) is 0 Å². The molecule has 0 radical (unpaired) electrons. The molecule has 0 spiro atoms. The van der Waals surface area contributed by atoms with Gasteiger partial charge in [0.1, 0.15) is 0 Å². The molecule has 122 valence electrons. The zero-order chi connectivity index (χ0) is 13.7. The van der Waals surface area contributed by atoms with Gasteiger partial charge in [-0.05, 0) is 44.9 Å². The van der Waals surface area contributed by atoms with E-state index in [2.05, 4.69) is 47.1 Å². The lowest BCUT2D eigenvalue weighted by molar-refractivity contribution is -0.125. The first-order chi connectivity index (χ1) is 9.18. The molecule has 1 aliphatic rings. The van der Waals surface area contributed by atoms with Crippen molar-refractivity contribution in [2.45, 2.75) is 18.9 Å². The number of hydrogen-bond donors (Lipinski definition) is 2. The summed E-state index contributed by atoms with van der Waals surface area (Å²) >= 11 is 1.74. The second-order valence-electron chi connectivity index (χ2n) is 5.28. The molecule has 0 aromatic carbocycles. The van der Waals surface area contributed by atoms with E-state index in [1.807, 2.05) is 0 Å². The van der Waals surface area contributed by atoms with Crippen LogP contribution < -0.4 is 10.6 Å². The maximum atomic E-state index is 12.1. The molecule has 2 rings (SSSR count). The van der Waals surface area contributed by atoms with E-state index < -0.39 is 0 Å². The van der Waals surface area contributed by atoms with Gasteiger partial charge in [-0.1, -0.05) is 6.07 Å². The molecule has 1 aliphatic heterocycles. The van der Waals surface area contributed by atoms with Crippen LogP contribution in [-0.2, 0) is 4.79 Å². The first-order valence-electron chi connectivity index (χ1n) is 6.86. The summed E-state index contributed by atoms with van der Waals surface area (Å²) in [4.78, 5) is 15.6. The number of rotatable bonds is 5. The Hall–Kier alpha value is -0.330. The van der Waals surface area contributed by atoms with Gasteiger partial charge in [-0.15, -0.1) is 36.2 Å². The SMILES string of the molecule is CN(C)C(CNC(=O)[C@@H]1CCCNC1)c1cccs1.Cl.Cl. The fourth-order valence-electron chi connectivity index (χ4n) is 2.44. The summed E-state index contributed by atoms with van der Waals surface area (Å²) in [6, 6.07) is 4.45. The van der Waals surface area contributed by atoms with E-state index in [-0.39, 0.29) is 42.7 Å². The van der Waals surface area contributed by atoms with Crippen LogP contribution in [0.25, 0.3) is 0 Å². The summed E-state index contributed by atoms with van der Waals surface area (Å²) in [7, 11) is 4.11. The van der Waals surface area contributed by atoms with E-state index in [4.69, 9.17) is 0 Å². The molecule has 4 nitrogen and oxygen atoms in total. The van der Waals surface area contributed by atoms with Crippen LogP contribution in [0.4, 0.5) is 0 Å². The molecular formula is C14H25Cl2N3OS. The molecule has 2 heterocycles. The maximum absolute atomic E-state index is 12.1. The lowest BCUT2D eigenvalue weighted by Gasteiger charge is -2.26. The van der Waals surface area contributed by atoms with E-state index in [1.165, 1.54) is 4.88 Å². The third-order valence-electron chi connectivity index (χ3n) is 3.63. The largest absolute Gasteiger partial charge is 0.354 e. The monoisotopic (exact) mass is 353 g/mol. The topological polar surface area (TPSA) is 44.4 Å². The van der Waals surface area contributed by atoms with Crippen molar-refractivity contribution >= 4 is 42.1 Å². The van der Waals surface area contributed by atoms with Crippen LogP contribution in [0, 0.1) is 5.92 Å². The summed E-state index contributed by atoms with van der Waals surface area (Å²) in [5, 5.41) is 8.47. The van der Waals surface area contributed by atoms with Crippen LogP contribution in [-0.4, -0.2) is 44.5 Å². The van der Waals surface area contributed by atoms with Crippen molar-refractivity contribution in [3.8, 4) is 0 Å². The quantitative estimate of drug-likeness (QED) is 0.853. The summed E-state index contributed by atoms with van der Waals surface area (Å²) < 4.78 is 0. The van der Waals surface area contributed by atoms with E-state index >= 15 is 0 Å². The third-order valence-corrected chi connectivity index (χ3v) is 4.61. The van der Waals surface area contributed by atoms with Crippen LogP contribution in [0.2, 0.25) is 0 Å². The second-order valence-corrected chi connectivity index (χ2v) is 6.26. The molecule has 0 saturated carbocycles. The van der Waals surface area contributed by atoms with Crippen molar-refractivity contribution in [2.24, 2.45) is 5.92 Å². The normalized spacial score (nSPS) is 19.3. The van der Waals surface area contributed by atoms with Gasteiger partial charge in [-0.3, -0.25) is 4.79 Å². The molecule has 7 heteroatoms. The average molecular weight is 354 g/mol. The first kappa shape index (κ1) is 20.7. The van der Waals surface area contributed by atoms with Gasteiger partial charge in [0.15, 0.2) is 0 Å². The molecule has 1 aromatic heterocycles. The Kier molecular flexibility index (Phi) is 10.2. The summed E-state index contributed by atoms with van der Waals surface area (Å²) in [5.74, 6) is 0.329. The van der Waals surface area contributed by atoms with Crippen LogP contribution in [0.5, 0.6) is 0 Å². The minimum Gasteiger partial charge on any atom is -0.354 e. The molecule has 0 aliphatic carbocycles. The van der Waals surface area contributed by atoms with Crippen molar-refractivity contribution in [1.29, 1.82) is 0 Å². The fourth-order valence-corrected chi connectivity index (χ4v) is 3.36. The number of thiophene rings is 1. The summed E-state index contributed by atoms with van der Waals surface area (Å²) in [6.45, 7) is 2.54. The molecule has 1 saturated heterocycles.